The fraction of sp³-hybridized carbons (Fsp3) is 0.412. The van der Waals surface area contributed by atoms with Gasteiger partial charge in [0, 0.05) is 28.8 Å². The maximum Gasteiger partial charge on any atom is 0.352 e. The van der Waals surface area contributed by atoms with E-state index in [1.165, 1.54) is 38.5 Å². The number of nitrogens with zero attached hydrogens (tertiary/aromatic N) is 10. The highest BCUT2D eigenvalue weighted by Crippen LogP contribution is 2.41. The zero-order chi connectivity index (χ0) is 26.5. The predicted molar refractivity (Wildman–Crippen MR) is 132 cm³/mol. The van der Waals surface area contributed by atoms with E-state index in [9.17, 15) is 19.5 Å². The number of aromatic nitrogens is 5. The number of nitrogens with two attached hydrogens (primary N) is 1. The van der Waals surface area contributed by atoms with Crippen LogP contribution in [-0.2, 0) is 26.3 Å². The molecule has 0 bridgehead atoms. The molecule has 20 heteroatoms. The van der Waals surface area contributed by atoms with Gasteiger partial charge in [0.05, 0.1) is 6.54 Å². The maximum atomic E-state index is 13.0. The van der Waals surface area contributed by atoms with Crippen molar-refractivity contribution in [2.75, 3.05) is 30.4 Å². The van der Waals surface area contributed by atoms with Gasteiger partial charge < -0.3 is 21.0 Å². The summed E-state index contributed by atoms with van der Waals surface area (Å²) in [6.07, 6.45) is 0. The number of fused-ring (bicyclic) bond motifs is 1. The number of carboxylic acid groups (broad SMARTS) is 1. The van der Waals surface area contributed by atoms with Crippen LogP contribution in [0.15, 0.2) is 32.1 Å². The van der Waals surface area contributed by atoms with E-state index in [-0.39, 0.29) is 41.1 Å². The number of oxime groups is 1. The number of anilines is 1. The standard InChI is InChI=1S/C17H18N12O5S3/c1-28-17(23-26-27-28)37-5-7-4-35-14-10(13(31)29(14)11(7)15(32)33)22-12(30)9(8-6-36-16(18)21-8)24-34-3-2-20-25-19/h6,10,14H,2-5H2,1H3,(H2,18,21)(H,22,30)(H,32,33)/t10?,14-/m1/s1. The van der Waals surface area contributed by atoms with Crippen molar-refractivity contribution in [1.82, 2.24) is 35.4 Å². The molecule has 0 aliphatic carbocycles. The predicted octanol–water partition coefficient (Wildman–Crippen LogP) is -0.189. The first kappa shape index (κ1) is 26.2. The second-order valence-corrected chi connectivity index (χ2v) is 10.2. The van der Waals surface area contributed by atoms with Gasteiger partial charge in [0.2, 0.25) is 5.16 Å². The summed E-state index contributed by atoms with van der Waals surface area (Å²) in [7, 11) is 1.66. The van der Waals surface area contributed by atoms with Gasteiger partial charge in [0.25, 0.3) is 11.8 Å². The summed E-state index contributed by atoms with van der Waals surface area (Å²) in [6.45, 7) is -0.103. The molecule has 2 aliphatic rings. The Balaban J connectivity index is 1.48. The number of azide groups is 1. The van der Waals surface area contributed by atoms with Crippen molar-refractivity contribution >= 4 is 63.5 Å². The van der Waals surface area contributed by atoms with E-state index in [2.05, 4.69) is 41.0 Å². The molecule has 2 aromatic heterocycles. The lowest BCUT2D eigenvalue weighted by Crippen LogP contribution is -2.71. The lowest BCUT2D eigenvalue weighted by molar-refractivity contribution is -0.150. The molecule has 1 unspecified atom stereocenters. The fourth-order valence-corrected chi connectivity index (χ4v) is 6.22. The number of aliphatic carboxylic acids is 1. The van der Waals surface area contributed by atoms with Gasteiger partial charge in [-0.1, -0.05) is 22.0 Å². The lowest BCUT2D eigenvalue weighted by atomic mass is 10.0. The minimum Gasteiger partial charge on any atom is -0.477 e. The maximum absolute atomic E-state index is 13.0. The third kappa shape index (κ3) is 5.61. The SMILES string of the molecule is Cn1nnnc1SCC1=C(C(=O)O)N2C(=O)C(NC(=O)C(=NOCCN=[N+]=[N-])c3csc(N)n3)[C@H]2SC1. The number of carboxylic acids is 1. The van der Waals surface area contributed by atoms with E-state index in [0.717, 1.165) is 11.3 Å². The zero-order valence-corrected chi connectivity index (χ0v) is 21.4. The summed E-state index contributed by atoms with van der Waals surface area (Å²) in [4.78, 5) is 50.9. The Labute approximate surface area is 220 Å². The normalized spacial score (nSPS) is 19.1. The first-order valence-corrected chi connectivity index (χ1v) is 13.2. The van der Waals surface area contributed by atoms with E-state index in [0.29, 0.717) is 16.5 Å². The smallest absolute Gasteiger partial charge is 0.352 e. The third-order valence-corrected chi connectivity index (χ3v) is 8.08. The minimum atomic E-state index is -1.25. The van der Waals surface area contributed by atoms with Crippen LogP contribution in [0.4, 0.5) is 5.13 Å². The van der Waals surface area contributed by atoms with Crippen LogP contribution in [0.3, 0.4) is 0 Å². The van der Waals surface area contributed by atoms with Crippen molar-refractivity contribution in [2.24, 2.45) is 17.3 Å². The van der Waals surface area contributed by atoms with Crippen LogP contribution in [0, 0.1) is 0 Å². The molecule has 4 rings (SSSR count). The van der Waals surface area contributed by atoms with Gasteiger partial charge in [-0.05, 0) is 21.5 Å². The molecule has 0 saturated carbocycles. The molecule has 1 saturated heterocycles. The molecule has 4 heterocycles. The highest BCUT2D eigenvalue weighted by molar-refractivity contribution is 8.01. The molecule has 2 aliphatic heterocycles. The van der Waals surface area contributed by atoms with Gasteiger partial charge in [-0.3, -0.25) is 14.5 Å². The first-order valence-electron chi connectivity index (χ1n) is 10.3. The summed E-state index contributed by atoms with van der Waals surface area (Å²) in [5.41, 5.74) is 14.3. The third-order valence-electron chi connectivity index (χ3n) is 4.97. The quantitative estimate of drug-likeness (QED) is 0.0468. The Kier molecular flexibility index (Phi) is 8.11. The number of hydrogen-bond acceptors (Lipinski definition) is 14. The Morgan fingerprint density at radius 3 is 2.95 bits per heavy atom. The van der Waals surface area contributed by atoms with Crippen molar-refractivity contribution in [2.45, 2.75) is 16.6 Å². The number of hydrogen-bond donors (Lipinski definition) is 3. The van der Waals surface area contributed by atoms with Gasteiger partial charge in [0.15, 0.2) is 10.8 Å². The topological polar surface area (TPSA) is 240 Å². The summed E-state index contributed by atoms with van der Waals surface area (Å²) in [5, 5.41) is 32.2. The van der Waals surface area contributed by atoms with Crippen molar-refractivity contribution in [3.05, 3.63) is 32.8 Å². The minimum absolute atomic E-state index is 0.0129. The van der Waals surface area contributed by atoms with Gasteiger partial charge in [-0.25, -0.2) is 14.5 Å². The monoisotopic (exact) mass is 566 g/mol. The van der Waals surface area contributed by atoms with E-state index >= 15 is 0 Å². The van der Waals surface area contributed by atoms with Crippen molar-refractivity contribution in [1.29, 1.82) is 0 Å². The first-order chi connectivity index (χ1) is 17.8. The Hall–Kier alpha value is -3.87. The molecule has 2 amide bonds. The van der Waals surface area contributed by atoms with E-state index in [4.69, 9.17) is 16.1 Å². The number of nitrogen functional groups attached to an aromatic ring is 1. The number of nitrogens with one attached hydrogen (secondary N) is 1. The number of carbonyl (C=O) groups is 3. The number of thioether (sulfide) groups is 2. The van der Waals surface area contributed by atoms with Crippen LogP contribution >= 0.6 is 34.9 Å². The molecule has 0 spiro atoms. The van der Waals surface area contributed by atoms with Crippen LogP contribution in [-0.4, -0.2) is 94.8 Å². The second kappa shape index (κ2) is 11.5. The van der Waals surface area contributed by atoms with Gasteiger partial charge >= 0.3 is 5.97 Å². The molecular weight excluding hydrogens is 548 g/mol. The Bertz CT molecular complexity index is 1330. The van der Waals surface area contributed by atoms with E-state index < -0.39 is 29.2 Å². The highest BCUT2D eigenvalue weighted by atomic mass is 32.2. The Morgan fingerprint density at radius 1 is 1.49 bits per heavy atom. The number of thiazole rings is 1. The Morgan fingerprint density at radius 2 is 2.30 bits per heavy atom. The average molecular weight is 567 g/mol. The summed E-state index contributed by atoms with van der Waals surface area (Å²) >= 11 is 3.65. The largest absolute Gasteiger partial charge is 0.477 e. The van der Waals surface area contributed by atoms with Crippen LogP contribution in [0.5, 0.6) is 0 Å². The number of carbonyl (C=O) groups excluding carboxylic acids is 2. The number of aryl methyl sites for hydroxylation is 1. The number of β-lactam (4-membered cyclic amide) rings is 1. The van der Waals surface area contributed by atoms with Crippen molar-refractivity contribution < 1.29 is 24.3 Å². The van der Waals surface area contributed by atoms with Crippen LogP contribution < -0.4 is 11.1 Å². The highest BCUT2D eigenvalue weighted by Gasteiger charge is 2.54. The van der Waals surface area contributed by atoms with Crippen LogP contribution in [0.2, 0.25) is 0 Å². The zero-order valence-electron chi connectivity index (χ0n) is 18.9. The number of rotatable bonds is 11. The molecule has 37 heavy (non-hydrogen) atoms. The number of amides is 2. The molecule has 2 atom stereocenters. The van der Waals surface area contributed by atoms with Gasteiger partial charge in [0.1, 0.15) is 29.4 Å². The average Bonchev–Trinajstić information content (AvgIpc) is 3.49. The lowest BCUT2D eigenvalue weighted by Gasteiger charge is -2.49. The summed E-state index contributed by atoms with van der Waals surface area (Å²) < 4.78 is 1.46. The molecule has 4 N–H and O–H groups in total. The number of tetrazole rings is 1. The molecule has 0 radical (unpaired) electrons. The van der Waals surface area contributed by atoms with E-state index in [1.54, 1.807) is 7.05 Å². The van der Waals surface area contributed by atoms with Crippen molar-refractivity contribution in [3.8, 4) is 0 Å². The molecule has 0 aromatic carbocycles. The molecule has 2 aromatic rings. The molecular formula is C17H18N12O5S3. The molecule has 1 fully saturated rings. The molecule has 194 valence electrons. The van der Waals surface area contributed by atoms with Gasteiger partial charge in [-0.2, -0.15) is 0 Å². The fourth-order valence-electron chi connectivity index (χ4n) is 3.34. The molecule has 17 nitrogen and oxygen atoms in total. The second-order valence-electron chi connectivity index (χ2n) is 7.29. The van der Waals surface area contributed by atoms with Gasteiger partial charge in [-0.15, -0.1) is 28.2 Å². The van der Waals surface area contributed by atoms with Crippen molar-refractivity contribution in [3.63, 3.8) is 0 Å². The summed E-state index contributed by atoms with van der Waals surface area (Å²) in [6, 6.07) is -0.992. The van der Waals surface area contributed by atoms with Crippen LogP contribution in [0.25, 0.3) is 10.4 Å². The van der Waals surface area contributed by atoms with E-state index in [1.807, 2.05) is 0 Å². The summed E-state index contributed by atoms with van der Waals surface area (Å²) in [5.74, 6) is -1.99. The van der Waals surface area contributed by atoms with Crippen LogP contribution in [0.1, 0.15) is 5.69 Å².